The lowest BCUT2D eigenvalue weighted by atomic mass is 10.0. The van der Waals surface area contributed by atoms with Crippen molar-refractivity contribution < 1.29 is 28.2 Å². The van der Waals surface area contributed by atoms with Gasteiger partial charge < -0.3 is 19.5 Å². The van der Waals surface area contributed by atoms with Gasteiger partial charge in [-0.25, -0.2) is 18.5 Å². The Hall–Kier alpha value is -4.15. The average molecular weight is 463 g/mol. The van der Waals surface area contributed by atoms with E-state index in [-0.39, 0.29) is 33.5 Å². The molecule has 0 fully saturated rings. The number of carbonyl (C=O) groups is 1. The minimum absolute atomic E-state index is 0.00210. The number of phenols is 2. The van der Waals surface area contributed by atoms with Crippen LogP contribution in [0.5, 0.6) is 17.2 Å². The van der Waals surface area contributed by atoms with Crippen LogP contribution in [0, 0.1) is 0 Å². The number of Topliss-reactive ketones (excluding diaryl/α,β-unsaturated/α-hetero) is 1. The Morgan fingerprint density at radius 2 is 1.85 bits per heavy atom. The van der Waals surface area contributed by atoms with Gasteiger partial charge in [-0.2, -0.15) is 0 Å². The summed E-state index contributed by atoms with van der Waals surface area (Å²) in [5.41, 5.74) is 2.74. The number of phenolic OH excluding ortho intramolecular Hbond substituents is 2. The van der Waals surface area contributed by atoms with Gasteiger partial charge in [-0.05, 0) is 35.4 Å². The summed E-state index contributed by atoms with van der Waals surface area (Å²) in [7, 11) is -2.01. The first-order chi connectivity index (χ1) is 15.6. The number of aryl methyl sites for hydroxylation is 1. The number of hydrogen-bond donors (Lipinski definition) is 3. The first-order valence-electron chi connectivity index (χ1n) is 9.71. The number of ether oxygens (including phenoxy) is 1. The van der Waals surface area contributed by atoms with E-state index in [2.05, 4.69) is 4.98 Å². The van der Waals surface area contributed by atoms with E-state index in [4.69, 9.17) is 9.88 Å². The average Bonchev–Trinajstić information content (AvgIpc) is 3.24. The van der Waals surface area contributed by atoms with Crippen LogP contribution in [0.25, 0.3) is 28.2 Å². The number of nitrogens with zero attached hydrogens (tertiary/aromatic N) is 2. The lowest BCUT2D eigenvalue weighted by Gasteiger charge is -2.07. The lowest BCUT2D eigenvalue weighted by Crippen LogP contribution is -2.11. The minimum atomic E-state index is -3.82. The van der Waals surface area contributed by atoms with Crippen LogP contribution in [-0.2, 0) is 17.1 Å². The van der Waals surface area contributed by atoms with Crippen LogP contribution in [0.1, 0.15) is 15.9 Å². The van der Waals surface area contributed by atoms with E-state index in [9.17, 15) is 23.4 Å². The van der Waals surface area contributed by atoms with E-state index in [0.29, 0.717) is 11.2 Å². The molecule has 166 valence electrons. The zero-order valence-electron chi connectivity index (χ0n) is 17.2. The molecule has 0 amide bonds. The van der Waals surface area contributed by atoms with Crippen molar-refractivity contribution in [3.63, 3.8) is 0 Å². The summed E-state index contributed by atoms with van der Waals surface area (Å²) in [5.74, 6) is -1.05. The molecule has 4 N–H and O–H groups in total. The quantitative estimate of drug-likeness (QED) is 0.396. The molecule has 0 spiro atoms. The number of carbonyl (C=O) groups excluding carboxylic acids is 1. The highest BCUT2D eigenvalue weighted by Gasteiger charge is 2.31. The molecule has 0 aliphatic carbocycles. The van der Waals surface area contributed by atoms with E-state index in [1.165, 1.54) is 18.2 Å². The maximum Gasteiger partial charge on any atom is 0.238 e. The van der Waals surface area contributed by atoms with Crippen LogP contribution in [0.4, 0.5) is 0 Å². The smallest absolute Gasteiger partial charge is 0.238 e. The van der Waals surface area contributed by atoms with Crippen molar-refractivity contribution in [2.75, 3.05) is 0 Å². The number of primary sulfonamides is 1. The molecule has 0 saturated carbocycles. The van der Waals surface area contributed by atoms with Gasteiger partial charge in [-0.15, -0.1) is 0 Å². The third-order valence-electron chi connectivity index (χ3n) is 5.40. The Labute approximate surface area is 188 Å². The van der Waals surface area contributed by atoms with E-state index in [0.717, 1.165) is 22.6 Å². The van der Waals surface area contributed by atoms with Crippen LogP contribution in [0.15, 0.2) is 65.5 Å². The molecule has 1 aliphatic heterocycles. The number of allylic oxidation sites excluding steroid dienone is 1. The molecule has 2 aromatic carbocycles. The van der Waals surface area contributed by atoms with Crippen LogP contribution in [0.2, 0.25) is 0 Å². The predicted molar refractivity (Wildman–Crippen MR) is 120 cm³/mol. The number of aromatic hydroxyl groups is 2. The van der Waals surface area contributed by atoms with Crippen molar-refractivity contribution in [3.05, 3.63) is 71.7 Å². The van der Waals surface area contributed by atoms with E-state index >= 15 is 0 Å². The van der Waals surface area contributed by atoms with Crippen molar-refractivity contribution in [2.45, 2.75) is 4.90 Å². The van der Waals surface area contributed by atoms with Gasteiger partial charge >= 0.3 is 0 Å². The first kappa shape index (κ1) is 20.7. The molecule has 9 nitrogen and oxygen atoms in total. The molecule has 10 heteroatoms. The van der Waals surface area contributed by atoms with Crippen LogP contribution in [0.3, 0.4) is 0 Å². The first-order valence-corrected chi connectivity index (χ1v) is 11.3. The summed E-state index contributed by atoms with van der Waals surface area (Å²) < 4.78 is 30.6. The molecular formula is C23H17N3O6S. The maximum absolute atomic E-state index is 12.8. The third-order valence-corrected chi connectivity index (χ3v) is 6.33. The zero-order valence-corrected chi connectivity index (χ0v) is 18.0. The highest BCUT2D eigenvalue weighted by atomic mass is 32.2. The number of aromatic nitrogens is 2. The minimum Gasteiger partial charge on any atom is -0.508 e. The summed E-state index contributed by atoms with van der Waals surface area (Å²) in [6.07, 6.45) is 4.96. The SMILES string of the molecule is Cn1cc(C=C2Oc3cc(O)cc(O)c3C2=O)c2c(-c3ccc(S(N)(=O)=O)cc3)ccnc21. The molecular weight excluding hydrogens is 446 g/mol. The molecule has 0 atom stereocenters. The molecule has 2 aromatic heterocycles. The predicted octanol–water partition coefficient (Wildman–Crippen LogP) is 2.92. The number of ketones is 1. The second-order valence-corrected chi connectivity index (χ2v) is 9.16. The highest BCUT2D eigenvalue weighted by Crippen LogP contribution is 2.41. The molecule has 3 heterocycles. The van der Waals surface area contributed by atoms with Gasteiger partial charge in [-0.1, -0.05) is 12.1 Å². The van der Waals surface area contributed by atoms with Gasteiger partial charge in [0.25, 0.3) is 0 Å². The lowest BCUT2D eigenvalue weighted by molar-refractivity contribution is 0.101. The standard InChI is InChI=1S/C23H17N3O6S/c1-26-11-13(8-19-22(29)21-17(28)9-14(27)10-18(21)32-19)20-16(6-7-25-23(20)26)12-2-4-15(5-3-12)33(24,30)31/h2-11,27-28H,1H3,(H2,24,30,31). The summed E-state index contributed by atoms with van der Waals surface area (Å²) in [6, 6.07) is 10.3. The second kappa shape index (κ2) is 7.19. The number of fused-ring (bicyclic) bond motifs is 2. The summed E-state index contributed by atoms with van der Waals surface area (Å²) in [4.78, 5) is 17.3. The van der Waals surface area contributed by atoms with Gasteiger partial charge in [0.2, 0.25) is 15.8 Å². The summed E-state index contributed by atoms with van der Waals surface area (Å²) >= 11 is 0. The Balaban J connectivity index is 1.65. The summed E-state index contributed by atoms with van der Waals surface area (Å²) in [6.45, 7) is 0. The Kier molecular flexibility index (Phi) is 4.52. The number of hydrogen-bond acceptors (Lipinski definition) is 7. The highest BCUT2D eigenvalue weighted by molar-refractivity contribution is 7.89. The topological polar surface area (TPSA) is 145 Å². The Morgan fingerprint density at radius 1 is 1.12 bits per heavy atom. The Bertz CT molecular complexity index is 1600. The third kappa shape index (κ3) is 3.41. The molecule has 4 aromatic rings. The van der Waals surface area contributed by atoms with Crippen molar-refractivity contribution >= 4 is 32.9 Å². The van der Waals surface area contributed by atoms with Gasteiger partial charge in [0.1, 0.15) is 28.5 Å². The molecule has 0 radical (unpaired) electrons. The van der Waals surface area contributed by atoms with Crippen molar-refractivity contribution in [1.29, 1.82) is 0 Å². The van der Waals surface area contributed by atoms with Crippen molar-refractivity contribution in [1.82, 2.24) is 9.55 Å². The van der Waals surface area contributed by atoms with Gasteiger partial charge in [0, 0.05) is 42.5 Å². The normalized spacial score (nSPS) is 14.6. The van der Waals surface area contributed by atoms with Gasteiger partial charge in [0.15, 0.2) is 5.76 Å². The fourth-order valence-corrected chi connectivity index (χ4v) is 4.45. The number of pyridine rings is 1. The molecule has 0 bridgehead atoms. The van der Waals surface area contributed by atoms with E-state index in [1.807, 2.05) is 0 Å². The van der Waals surface area contributed by atoms with Gasteiger partial charge in [0.05, 0.1) is 4.90 Å². The molecule has 1 aliphatic rings. The fourth-order valence-electron chi connectivity index (χ4n) is 3.93. The number of nitrogens with two attached hydrogens (primary N) is 1. The monoisotopic (exact) mass is 463 g/mol. The maximum atomic E-state index is 12.8. The second-order valence-electron chi connectivity index (χ2n) is 7.60. The van der Waals surface area contributed by atoms with E-state index < -0.39 is 15.8 Å². The molecule has 0 saturated heterocycles. The number of rotatable bonds is 3. The van der Waals surface area contributed by atoms with Crippen LogP contribution < -0.4 is 9.88 Å². The largest absolute Gasteiger partial charge is 0.508 e. The van der Waals surface area contributed by atoms with Gasteiger partial charge in [-0.3, -0.25) is 4.79 Å². The van der Waals surface area contributed by atoms with Crippen molar-refractivity contribution in [2.24, 2.45) is 12.2 Å². The number of sulfonamides is 1. The van der Waals surface area contributed by atoms with Crippen LogP contribution >= 0.6 is 0 Å². The summed E-state index contributed by atoms with van der Waals surface area (Å²) in [5, 5.41) is 25.7. The fraction of sp³-hybridized carbons (Fsp3) is 0.0435. The van der Waals surface area contributed by atoms with Crippen molar-refractivity contribution in [3.8, 4) is 28.4 Å². The number of benzene rings is 2. The molecule has 33 heavy (non-hydrogen) atoms. The zero-order chi connectivity index (χ0) is 23.5. The molecule has 0 unspecified atom stereocenters. The molecule has 5 rings (SSSR count). The van der Waals surface area contributed by atoms with E-state index in [1.54, 1.807) is 48.3 Å². The van der Waals surface area contributed by atoms with Crippen LogP contribution in [-0.4, -0.2) is 34.0 Å². The Morgan fingerprint density at radius 3 is 2.55 bits per heavy atom.